The second-order valence-corrected chi connectivity index (χ2v) is 6.76. The predicted molar refractivity (Wildman–Crippen MR) is 74.8 cm³/mol. The molecule has 19 heavy (non-hydrogen) atoms. The van der Waals surface area contributed by atoms with Gasteiger partial charge in [0.1, 0.15) is 17.3 Å². The van der Waals surface area contributed by atoms with Crippen LogP contribution in [0.4, 0.5) is 0 Å². The van der Waals surface area contributed by atoms with Gasteiger partial charge in [-0.3, -0.25) is 0 Å². The van der Waals surface area contributed by atoms with Crippen molar-refractivity contribution in [2.45, 2.75) is 31.7 Å². The molecule has 4 nitrogen and oxygen atoms in total. The molecule has 0 atom stereocenters. The Balaban J connectivity index is 2.60. The quantitative estimate of drug-likeness (QED) is 0.742. The minimum absolute atomic E-state index is 0.0955. The molecular formula is C14H19NO3S. The van der Waals surface area contributed by atoms with Crippen LogP contribution in [-0.4, -0.2) is 31.9 Å². The molecule has 5 heteroatoms. The Morgan fingerprint density at radius 3 is 2.68 bits per heavy atom. The van der Waals surface area contributed by atoms with Gasteiger partial charge in [0.2, 0.25) is 10.0 Å². The van der Waals surface area contributed by atoms with Gasteiger partial charge in [0, 0.05) is 12.6 Å². The standard InChI is InChI=1S/C14H19NO3S/c1-11(2)15-8-4-5-9-18-13-10-12(3)6-7-14(13)19(15,16)17/h4-7,10-11H,8-9H2,1-3H3/b5-4-. The third-order valence-corrected chi connectivity index (χ3v) is 5.13. The summed E-state index contributed by atoms with van der Waals surface area (Å²) in [5.41, 5.74) is 0.980. The molecule has 0 spiro atoms. The largest absolute Gasteiger partial charge is 0.488 e. The molecule has 0 fully saturated rings. The van der Waals surface area contributed by atoms with Crippen LogP contribution in [0.25, 0.3) is 0 Å². The van der Waals surface area contributed by atoms with E-state index in [1.807, 2.05) is 32.9 Å². The van der Waals surface area contributed by atoms with Crippen LogP contribution in [0.5, 0.6) is 5.75 Å². The molecule has 1 aromatic carbocycles. The summed E-state index contributed by atoms with van der Waals surface area (Å²) >= 11 is 0. The van der Waals surface area contributed by atoms with Gasteiger partial charge >= 0.3 is 0 Å². The van der Waals surface area contributed by atoms with Crippen LogP contribution < -0.4 is 4.74 Å². The number of aryl methyl sites for hydroxylation is 1. The minimum atomic E-state index is -3.52. The van der Waals surface area contributed by atoms with Gasteiger partial charge in [-0.15, -0.1) is 0 Å². The third-order valence-electron chi connectivity index (χ3n) is 3.05. The number of benzene rings is 1. The molecule has 0 unspecified atom stereocenters. The smallest absolute Gasteiger partial charge is 0.247 e. The van der Waals surface area contributed by atoms with Crippen molar-refractivity contribution >= 4 is 10.0 Å². The summed E-state index contributed by atoms with van der Waals surface area (Å²) in [5.74, 6) is 0.428. The predicted octanol–water partition coefficient (Wildman–Crippen LogP) is 2.34. The topological polar surface area (TPSA) is 46.6 Å². The first kappa shape index (κ1) is 14.1. The summed E-state index contributed by atoms with van der Waals surface area (Å²) in [6.07, 6.45) is 3.68. The zero-order valence-corrected chi connectivity index (χ0v) is 12.3. The van der Waals surface area contributed by atoms with E-state index in [-0.39, 0.29) is 10.9 Å². The second kappa shape index (κ2) is 5.35. The lowest BCUT2D eigenvalue weighted by molar-refractivity contribution is 0.351. The summed E-state index contributed by atoms with van der Waals surface area (Å²) in [4.78, 5) is 0.246. The molecular weight excluding hydrogens is 262 g/mol. The van der Waals surface area contributed by atoms with E-state index in [0.717, 1.165) is 5.56 Å². The van der Waals surface area contributed by atoms with Crippen molar-refractivity contribution in [2.24, 2.45) is 0 Å². The van der Waals surface area contributed by atoms with Crippen molar-refractivity contribution in [1.82, 2.24) is 4.31 Å². The highest BCUT2D eigenvalue weighted by molar-refractivity contribution is 7.89. The van der Waals surface area contributed by atoms with Crippen molar-refractivity contribution in [3.05, 3.63) is 35.9 Å². The van der Waals surface area contributed by atoms with Crippen molar-refractivity contribution < 1.29 is 13.2 Å². The summed E-state index contributed by atoms with van der Waals surface area (Å²) in [5, 5.41) is 0. The fraction of sp³-hybridized carbons (Fsp3) is 0.429. The van der Waals surface area contributed by atoms with Crippen LogP contribution in [0, 0.1) is 6.92 Å². The van der Waals surface area contributed by atoms with Gasteiger partial charge in [0.15, 0.2) is 0 Å². The zero-order valence-electron chi connectivity index (χ0n) is 11.5. The molecule has 0 bridgehead atoms. The maximum atomic E-state index is 12.7. The first-order valence-corrected chi connectivity index (χ1v) is 7.77. The summed E-state index contributed by atoms with van der Waals surface area (Å²) in [6, 6.07) is 5.09. The average molecular weight is 281 g/mol. The first-order valence-electron chi connectivity index (χ1n) is 6.33. The maximum Gasteiger partial charge on any atom is 0.247 e. The molecule has 1 aromatic rings. The molecule has 1 heterocycles. The molecule has 0 radical (unpaired) electrons. The fourth-order valence-electron chi connectivity index (χ4n) is 2.04. The number of hydrogen-bond acceptors (Lipinski definition) is 3. The Morgan fingerprint density at radius 2 is 2.00 bits per heavy atom. The Morgan fingerprint density at radius 1 is 1.26 bits per heavy atom. The first-order chi connectivity index (χ1) is 8.93. The molecule has 0 saturated carbocycles. The van der Waals surface area contributed by atoms with E-state index < -0.39 is 10.0 Å². The van der Waals surface area contributed by atoms with Gasteiger partial charge in [-0.05, 0) is 38.5 Å². The monoisotopic (exact) mass is 281 g/mol. The highest BCUT2D eigenvalue weighted by atomic mass is 32.2. The van der Waals surface area contributed by atoms with E-state index in [4.69, 9.17) is 4.74 Å². The lowest BCUT2D eigenvalue weighted by Gasteiger charge is -2.25. The number of fused-ring (bicyclic) bond motifs is 1. The Bertz CT molecular complexity index is 591. The maximum absolute atomic E-state index is 12.7. The molecule has 0 aromatic heterocycles. The number of hydrogen-bond donors (Lipinski definition) is 0. The van der Waals surface area contributed by atoms with Crippen LogP contribution in [-0.2, 0) is 10.0 Å². The van der Waals surface area contributed by atoms with Crippen LogP contribution in [0.1, 0.15) is 19.4 Å². The van der Waals surface area contributed by atoms with Crippen LogP contribution in [0.2, 0.25) is 0 Å². The Kier molecular flexibility index (Phi) is 3.96. The Hall–Kier alpha value is -1.33. The van der Waals surface area contributed by atoms with Gasteiger partial charge in [0.25, 0.3) is 0 Å². The van der Waals surface area contributed by atoms with Gasteiger partial charge in [0.05, 0.1) is 0 Å². The number of rotatable bonds is 1. The highest BCUT2D eigenvalue weighted by Gasteiger charge is 2.29. The molecule has 1 aliphatic heterocycles. The van der Waals surface area contributed by atoms with E-state index in [0.29, 0.717) is 18.9 Å². The second-order valence-electron chi connectivity index (χ2n) is 4.90. The van der Waals surface area contributed by atoms with Crippen LogP contribution in [0.3, 0.4) is 0 Å². The molecule has 2 rings (SSSR count). The fourth-order valence-corrected chi connectivity index (χ4v) is 3.74. The Labute approximate surface area is 114 Å². The lowest BCUT2D eigenvalue weighted by atomic mass is 10.2. The van der Waals surface area contributed by atoms with Crippen molar-refractivity contribution in [3.8, 4) is 5.75 Å². The number of sulfonamides is 1. The highest BCUT2D eigenvalue weighted by Crippen LogP contribution is 2.29. The summed E-state index contributed by atoms with van der Waals surface area (Å²) in [6.45, 7) is 6.42. The van der Waals surface area contributed by atoms with Crippen LogP contribution in [0.15, 0.2) is 35.2 Å². The van der Waals surface area contributed by atoms with Crippen molar-refractivity contribution in [3.63, 3.8) is 0 Å². The molecule has 104 valence electrons. The normalized spacial score (nSPS) is 20.8. The summed E-state index contributed by atoms with van der Waals surface area (Å²) < 4.78 is 32.4. The SMILES string of the molecule is Cc1ccc2c(c1)OC/C=C\CN(C(C)C)S2(=O)=O. The van der Waals surface area contributed by atoms with Gasteiger partial charge < -0.3 is 4.74 Å². The third kappa shape index (κ3) is 2.82. The van der Waals surface area contributed by atoms with Gasteiger partial charge in [-0.1, -0.05) is 18.2 Å². The minimum Gasteiger partial charge on any atom is -0.488 e. The molecule has 0 N–H and O–H groups in total. The van der Waals surface area contributed by atoms with E-state index >= 15 is 0 Å². The number of nitrogens with zero attached hydrogens (tertiary/aromatic N) is 1. The van der Waals surface area contributed by atoms with Crippen molar-refractivity contribution in [2.75, 3.05) is 13.2 Å². The van der Waals surface area contributed by atoms with E-state index in [1.165, 1.54) is 4.31 Å². The van der Waals surface area contributed by atoms with E-state index in [1.54, 1.807) is 18.2 Å². The van der Waals surface area contributed by atoms with E-state index in [2.05, 4.69) is 0 Å². The molecule has 0 amide bonds. The molecule has 0 aliphatic carbocycles. The van der Waals surface area contributed by atoms with E-state index in [9.17, 15) is 8.42 Å². The van der Waals surface area contributed by atoms with Crippen molar-refractivity contribution in [1.29, 1.82) is 0 Å². The summed E-state index contributed by atoms with van der Waals surface area (Å²) in [7, 11) is -3.52. The van der Waals surface area contributed by atoms with Gasteiger partial charge in [-0.25, -0.2) is 8.42 Å². The van der Waals surface area contributed by atoms with Crippen LogP contribution >= 0.6 is 0 Å². The lowest BCUT2D eigenvalue weighted by Crippen LogP contribution is -2.37. The average Bonchev–Trinajstić information content (AvgIpc) is 2.37. The number of ether oxygens (including phenoxy) is 1. The van der Waals surface area contributed by atoms with Gasteiger partial charge in [-0.2, -0.15) is 4.31 Å². The molecule has 0 saturated heterocycles. The zero-order chi connectivity index (χ0) is 14.0. The molecule has 1 aliphatic rings.